The lowest BCUT2D eigenvalue weighted by atomic mass is 9.93. The molecule has 1 N–H and O–H groups in total. The second-order valence-corrected chi connectivity index (χ2v) is 9.86. The van der Waals surface area contributed by atoms with E-state index >= 15 is 0 Å². The molecule has 0 saturated carbocycles. The fourth-order valence-electron chi connectivity index (χ4n) is 3.97. The Labute approximate surface area is 186 Å². The quantitative estimate of drug-likeness (QED) is 0.545. The van der Waals surface area contributed by atoms with Crippen molar-refractivity contribution in [1.82, 2.24) is 9.62 Å². The van der Waals surface area contributed by atoms with Crippen LogP contribution in [0, 0.1) is 0 Å². The minimum absolute atomic E-state index is 0.0631. The Morgan fingerprint density at radius 1 is 0.774 bits per heavy atom. The van der Waals surface area contributed by atoms with Crippen LogP contribution in [0.4, 0.5) is 5.69 Å². The Kier molecular flexibility index (Phi) is 7.49. The second-order valence-electron chi connectivity index (χ2n) is 7.83. The van der Waals surface area contributed by atoms with Gasteiger partial charge in [-0.3, -0.25) is 0 Å². The van der Waals surface area contributed by atoms with Crippen molar-refractivity contribution in [3.8, 4) is 0 Å². The topological polar surface area (TPSA) is 52.7 Å². The highest BCUT2D eigenvalue weighted by Crippen LogP contribution is 2.36. The summed E-state index contributed by atoms with van der Waals surface area (Å²) in [7, 11) is 3.79. The Morgan fingerprint density at radius 2 is 1.29 bits per heavy atom. The van der Waals surface area contributed by atoms with E-state index in [1.165, 1.54) is 4.31 Å². The number of nitrogens with one attached hydrogen (secondary N) is 1. The third-order valence-corrected chi connectivity index (χ3v) is 7.35. The molecule has 2 unspecified atom stereocenters. The van der Waals surface area contributed by atoms with Gasteiger partial charge in [0.2, 0.25) is 10.0 Å². The molecular weight excluding hydrogens is 406 g/mol. The maximum absolute atomic E-state index is 13.6. The lowest BCUT2D eigenvalue weighted by Crippen LogP contribution is -2.39. The molecule has 0 fully saturated rings. The predicted octanol–water partition coefficient (Wildman–Crippen LogP) is 4.22. The number of rotatable bonds is 9. The summed E-state index contributed by atoms with van der Waals surface area (Å²) in [5.41, 5.74) is 3.67. The summed E-state index contributed by atoms with van der Waals surface area (Å²) in [4.78, 5) is 1.94. The van der Waals surface area contributed by atoms with Crippen LogP contribution in [-0.2, 0) is 15.8 Å². The molecule has 0 heterocycles. The van der Waals surface area contributed by atoms with Crippen LogP contribution in [0.1, 0.15) is 28.8 Å². The number of sulfonamides is 1. The van der Waals surface area contributed by atoms with E-state index in [0.29, 0.717) is 0 Å². The molecule has 0 aromatic heterocycles. The molecule has 3 rings (SSSR count). The summed E-state index contributed by atoms with van der Waals surface area (Å²) in [6.45, 7) is 0. The van der Waals surface area contributed by atoms with E-state index in [1.807, 2.05) is 111 Å². The number of nitrogens with zero attached hydrogens (tertiary/aromatic N) is 2. The molecule has 5 nitrogen and oxygen atoms in total. The van der Waals surface area contributed by atoms with E-state index < -0.39 is 16.1 Å². The molecule has 0 aliphatic carbocycles. The number of likely N-dealkylation sites (N-methyl/N-ethyl adjacent to an activating group) is 2. The van der Waals surface area contributed by atoms with Crippen LogP contribution in [0.15, 0.2) is 84.9 Å². The lowest BCUT2D eigenvalue weighted by Gasteiger charge is -2.35. The Balaban J connectivity index is 2.03. The first-order valence-corrected chi connectivity index (χ1v) is 11.9. The highest BCUT2D eigenvalue weighted by molar-refractivity contribution is 7.88. The Hall–Kier alpha value is -2.67. The van der Waals surface area contributed by atoms with Gasteiger partial charge in [-0.05, 0) is 29.8 Å². The monoisotopic (exact) mass is 437 g/mol. The van der Waals surface area contributed by atoms with Gasteiger partial charge in [-0.25, -0.2) is 8.42 Å². The van der Waals surface area contributed by atoms with Crippen molar-refractivity contribution in [3.63, 3.8) is 0 Å². The molecule has 3 aromatic rings. The largest absolute Gasteiger partial charge is 0.377 e. The van der Waals surface area contributed by atoms with E-state index in [9.17, 15) is 8.42 Å². The molecule has 3 aromatic carbocycles. The van der Waals surface area contributed by atoms with Gasteiger partial charge in [-0.1, -0.05) is 78.9 Å². The van der Waals surface area contributed by atoms with E-state index in [-0.39, 0.29) is 11.8 Å². The second kappa shape index (κ2) is 10.1. The number of hydrogen-bond acceptors (Lipinski definition) is 4. The smallest absolute Gasteiger partial charge is 0.218 e. The van der Waals surface area contributed by atoms with Gasteiger partial charge >= 0.3 is 0 Å². The van der Waals surface area contributed by atoms with Crippen molar-refractivity contribution >= 4 is 15.7 Å². The van der Waals surface area contributed by atoms with Crippen molar-refractivity contribution in [3.05, 3.63) is 102 Å². The molecule has 0 amide bonds. The fraction of sp³-hybridized carbons (Fsp3) is 0.280. The molecule has 0 radical (unpaired) electrons. The van der Waals surface area contributed by atoms with E-state index in [2.05, 4.69) is 5.32 Å². The molecule has 6 heteroatoms. The summed E-state index contributed by atoms with van der Waals surface area (Å²) in [6.07, 6.45) is 0. The summed E-state index contributed by atoms with van der Waals surface area (Å²) >= 11 is 0. The normalized spacial score (nSPS) is 13.7. The van der Waals surface area contributed by atoms with Crippen LogP contribution in [0.2, 0.25) is 0 Å². The molecule has 0 bridgehead atoms. The van der Waals surface area contributed by atoms with Crippen molar-refractivity contribution in [2.24, 2.45) is 0 Å². The van der Waals surface area contributed by atoms with Crippen LogP contribution >= 0.6 is 0 Å². The van der Waals surface area contributed by atoms with Crippen molar-refractivity contribution in [2.45, 2.75) is 17.8 Å². The van der Waals surface area contributed by atoms with Crippen LogP contribution in [0.25, 0.3) is 0 Å². The number of hydrogen-bond donors (Lipinski definition) is 1. The van der Waals surface area contributed by atoms with Crippen molar-refractivity contribution < 1.29 is 8.42 Å². The van der Waals surface area contributed by atoms with E-state index in [0.717, 1.165) is 22.4 Å². The maximum Gasteiger partial charge on any atom is 0.218 e. The predicted molar refractivity (Wildman–Crippen MR) is 129 cm³/mol. The van der Waals surface area contributed by atoms with Crippen LogP contribution in [-0.4, -0.2) is 40.9 Å². The van der Waals surface area contributed by atoms with Crippen LogP contribution in [0.3, 0.4) is 0 Å². The van der Waals surface area contributed by atoms with Gasteiger partial charge in [0.25, 0.3) is 0 Å². The fourth-order valence-corrected chi connectivity index (χ4v) is 5.40. The lowest BCUT2D eigenvalue weighted by molar-refractivity contribution is 0.301. The minimum atomic E-state index is -3.61. The Bertz CT molecular complexity index is 1070. The molecule has 31 heavy (non-hydrogen) atoms. The molecule has 0 aliphatic rings. The van der Waals surface area contributed by atoms with Gasteiger partial charge in [0.05, 0.1) is 17.8 Å². The third kappa shape index (κ3) is 5.34. The van der Waals surface area contributed by atoms with Gasteiger partial charge < -0.3 is 10.2 Å². The van der Waals surface area contributed by atoms with Crippen molar-refractivity contribution in [1.29, 1.82) is 0 Å². The first-order chi connectivity index (χ1) is 14.8. The average molecular weight is 438 g/mol. The van der Waals surface area contributed by atoms with Gasteiger partial charge in [0, 0.05) is 26.8 Å². The van der Waals surface area contributed by atoms with Gasteiger partial charge in [0.1, 0.15) is 0 Å². The zero-order valence-electron chi connectivity index (χ0n) is 18.6. The van der Waals surface area contributed by atoms with Crippen LogP contribution in [0.5, 0.6) is 0 Å². The third-order valence-electron chi connectivity index (χ3n) is 5.57. The first kappa shape index (κ1) is 23.0. The summed E-state index contributed by atoms with van der Waals surface area (Å²) in [5, 5.41) is 3.35. The number of benzene rings is 3. The molecule has 0 saturated heterocycles. The van der Waals surface area contributed by atoms with Crippen molar-refractivity contribution in [2.75, 3.05) is 33.1 Å². The molecular formula is C25H31N3O2S. The summed E-state index contributed by atoms with van der Waals surface area (Å²) in [5.74, 6) is -0.0631. The zero-order valence-corrected chi connectivity index (χ0v) is 19.4. The highest BCUT2D eigenvalue weighted by Gasteiger charge is 2.34. The van der Waals surface area contributed by atoms with Crippen LogP contribution < -0.4 is 10.2 Å². The Morgan fingerprint density at radius 3 is 1.84 bits per heavy atom. The molecule has 2 atom stereocenters. The number of anilines is 1. The van der Waals surface area contributed by atoms with E-state index in [4.69, 9.17) is 0 Å². The van der Waals surface area contributed by atoms with Gasteiger partial charge in [0.15, 0.2) is 0 Å². The summed E-state index contributed by atoms with van der Waals surface area (Å²) in [6, 6.07) is 26.8. The van der Waals surface area contributed by atoms with Gasteiger partial charge in [-0.15, -0.1) is 0 Å². The maximum atomic E-state index is 13.6. The number of para-hydroxylation sites is 1. The standard InChI is InChI=1S/C25H31N3O2S/c1-26-24(20-13-7-5-8-14-20)25(21-15-9-6-10-16-21)28(4)31(29,30)19-22-17-11-12-18-23(22)27(2)3/h5-18,24-26H,19H2,1-4H3. The first-order valence-electron chi connectivity index (χ1n) is 10.3. The SMILES string of the molecule is CNC(c1ccccc1)C(c1ccccc1)N(C)S(=O)(=O)Cc1ccccc1N(C)C. The molecule has 0 aliphatic heterocycles. The minimum Gasteiger partial charge on any atom is -0.377 e. The highest BCUT2D eigenvalue weighted by atomic mass is 32.2. The molecule has 164 valence electrons. The van der Waals surface area contributed by atoms with Gasteiger partial charge in [-0.2, -0.15) is 4.31 Å². The molecule has 0 spiro atoms. The summed E-state index contributed by atoms with van der Waals surface area (Å²) < 4.78 is 28.8. The average Bonchev–Trinajstić information content (AvgIpc) is 2.78. The zero-order chi connectivity index (χ0) is 22.4. The van der Waals surface area contributed by atoms with E-state index in [1.54, 1.807) is 7.05 Å².